The highest BCUT2D eigenvalue weighted by Gasteiger charge is 2.45. The molecule has 0 saturated heterocycles. The summed E-state index contributed by atoms with van der Waals surface area (Å²) in [7, 11) is 0. The van der Waals surface area contributed by atoms with E-state index in [9.17, 15) is 9.59 Å². The lowest BCUT2D eigenvalue weighted by atomic mass is 9.67. The van der Waals surface area contributed by atoms with Gasteiger partial charge in [0.05, 0.1) is 5.41 Å². The van der Waals surface area contributed by atoms with Gasteiger partial charge in [0.2, 0.25) is 0 Å². The summed E-state index contributed by atoms with van der Waals surface area (Å²) in [6.07, 6.45) is 0. The van der Waals surface area contributed by atoms with Crippen molar-refractivity contribution < 1.29 is 19.1 Å². The average Bonchev–Trinajstić information content (AvgIpc) is 3.53. The molecule has 9 rings (SSSR count). The van der Waals surface area contributed by atoms with E-state index in [1.54, 1.807) is 0 Å². The summed E-state index contributed by atoms with van der Waals surface area (Å²) in [6.45, 7) is -0.216. The summed E-state index contributed by atoms with van der Waals surface area (Å²) < 4.78 is 11.7. The number of anilines is 2. The first-order valence-electron chi connectivity index (χ1n) is 18.3. The molecule has 266 valence electrons. The lowest BCUT2D eigenvalue weighted by molar-refractivity contribution is -0.118. The van der Waals surface area contributed by atoms with E-state index >= 15 is 0 Å². The van der Waals surface area contributed by atoms with Crippen LogP contribution in [0.1, 0.15) is 22.3 Å². The predicted molar refractivity (Wildman–Crippen MR) is 220 cm³/mol. The summed E-state index contributed by atoms with van der Waals surface area (Å²) in [4.78, 5) is 26.0. The molecule has 0 bridgehead atoms. The lowest BCUT2D eigenvalue weighted by Gasteiger charge is -2.34. The number of nitrogens with one attached hydrogen (secondary N) is 2. The number of ether oxygens (including phenoxy) is 2. The molecule has 6 nitrogen and oxygen atoms in total. The number of hydrogen-bond donors (Lipinski definition) is 2. The van der Waals surface area contributed by atoms with Crippen LogP contribution in [0.15, 0.2) is 182 Å². The van der Waals surface area contributed by atoms with E-state index < -0.39 is 5.41 Å². The molecular formula is C49H36N2O4. The van der Waals surface area contributed by atoms with Crippen molar-refractivity contribution in [3.8, 4) is 22.6 Å². The Bertz CT molecular complexity index is 2520. The molecule has 55 heavy (non-hydrogen) atoms. The fourth-order valence-electron chi connectivity index (χ4n) is 7.84. The minimum Gasteiger partial charge on any atom is -0.484 e. The number of hydrogen-bond acceptors (Lipinski definition) is 4. The van der Waals surface area contributed by atoms with Crippen LogP contribution in [-0.4, -0.2) is 25.0 Å². The normalized spacial score (nSPS) is 12.4. The van der Waals surface area contributed by atoms with E-state index in [4.69, 9.17) is 9.47 Å². The molecule has 8 aromatic rings. The van der Waals surface area contributed by atoms with Gasteiger partial charge in [-0.3, -0.25) is 9.59 Å². The van der Waals surface area contributed by atoms with Crippen LogP contribution in [0.25, 0.3) is 32.7 Å². The van der Waals surface area contributed by atoms with Crippen LogP contribution in [0.4, 0.5) is 11.4 Å². The Morgan fingerprint density at radius 1 is 0.418 bits per heavy atom. The predicted octanol–water partition coefficient (Wildman–Crippen LogP) is 10.4. The zero-order valence-corrected chi connectivity index (χ0v) is 29.9. The third-order valence-corrected chi connectivity index (χ3v) is 10.3. The molecule has 0 heterocycles. The van der Waals surface area contributed by atoms with Gasteiger partial charge in [0.25, 0.3) is 11.8 Å². The molecule has 0 aliphatic heterocycles. The summed E-state index contributed by atoms with van der Waals surface area (Å²) in [5.74, 6) is 0.800. The van der Waals surface area contributed by atoms with Crippen molar-refractivity contribution in [2.24, 2.45) is 0 Å². The van der Waals surface area contributed by atoms with Crippen molar-refractivity contribution in [2.45, 2.75) is 5.41 Å². The first-order chi connectivity index (χ1) is 27.0. The molecule has 0 spiro atoms. The van der Waals surface area contributed by atoms with Crippen LogP contribution in [0.2, 0.25) is 0 Å². The van der Waals surface area contributed by atoms with Crippen LogP contribution in [0.5, 0.6) is 11.5 Å². The van der Waals surface area contributed by atoms with Crippen molar-refractivity contribution in [1.29, 1.82) is 0 Å². The quantitative estimate of drug-likeness (QED) is 0.148. The largest absolute Gasteiger partial charge is 0.484 e. The smallest absolute Gasteiger partial charge is 0.262 e. The van der Waals surface area contributed by atoms with E-state index in [-0.39, 0.29) is 25.0 Å². The van der Waals surface area contributed by atoms with Gasteiger partial charge in [0.1, 0.15) is 11.5 Å². The molecular weight excluding hydrogens is 681 g/mol. The topological polar surface area (TPSA) is 76.7 Å². The Balaban J connectivity index is 0.956. The highest BCUT2D eigenvalue weighted by molar-refractivity contribution is 5.94. The Kier molecular flexibility index (Phi) is 8.77. The molecule has 1 aliphatic carbocycles. The second-order valence-electron chi connectivity index (χ2n) is 13.7. The van der Waals surface area contributed by atoms with Crippen LogP contribution < -0.4 is 20.1 Å². The van der Waals surface area contributed by atoms with Crippen molar-refractivity contribution >= 4 is 44.7 Å². The maximum atomic E-state index is 13.0. The Labute approximate surface area is 319 Å². The Hall–Kier alpha value is -7.18. The maximum absolute atomic E-state index is 13.0. The van der Waals surface area contributed by atoms with Gasteiger partial charge in [-0.25, -0.2) is 0 Å². The van der Waals surface area contributed by atoms with Crippen molar-refractivity contribution in [1.82, 2.24) is 0 Å². The molecule has 6 heteroatoms. The molecule has 0 unspecified atom stereocenters. The molecule has 0 radical (unpaired) electrons. The molecule has 2 amide bonds. The highest BCUT2D eigenvalue weighted by atomic mass is 16.5. The number of amides is 2. The number of fused-ring (bicyclic) bond motifs is 5. The number of carbonyl (C=O) groups is 2. The second kappa shape index (κ2) is 14.3. The van der Waals surface area contributed by atoms with Gasteiger partial charge >= 0.3 is 0 Å². The molecule has 0 aromatic heterocycles. The highest BCUT2D eigenvalue weighted by Crippen LogP contribution is 2.56. The van der Waals surface area contributed by atoms with E-state index in [0.717, 1.165) is 43.8 Å². The first-order valence-corrected chi connectivity index (χ1v) is 18.3. The van der Waals surface area contributed by atoms with Gasteiger partial charge in [-0.2, -0.15) is 0 Å². The van der Waals surface area contributed by atoms with E-state index in [1.165, 1.54) is 11.1 Å². The zero-order chi connectivity index (χ0) is 37.2. The molecule has 2 N–H and O–H groups in total. The second-order valence-corrected chi connectivity index (χ2v) is 13.7. The molecule has 0 fully saturated rings. The van der Waals surface area contributed by atoms with Crippen LogP contribution in [0.3, 0.4) is 0 Å². The van der Waals surface area contributed by atoms with Gasteiger partial charge in [0.15, 0.2) is 13.2 Å². The van der Waals surface area contributed by atoms with Crippen LogP contribution in [0, 0.1) is 0 Å². The molecule has 0 saturated carbocycles. The van der Waals surface area contributed by atoms with Crippen LogP contribution in [-0.2, 0) is 15.0 Å². The van der Waals surface area contributed by atoms with Gasteiger partial charge in [-0.1, -0.05) is 133 Å². The fraction of sp³-hybridized carbons (Fsp3) is 0.0612. The Morgan fingerprint density at radius 3 is 1.24 bits per heavy atom. The monoisotopic (exact) mass is 716 g/mol. The van der Waals surface area contributed by atoms with Gasteiger partial charge < -0.3 is 20.1 Å². The number of carbonyl (C=O) groups excluding carboxylic acids is 2. The summed E-state index contributed by atoms with van der Waals surface area (Å²) >= 11 is 0. The Morgan fingerprint density at radius 2 is 0.800 bits per heavy atom. The summed E-state index contributed by atoms with van der Waals surface area (Å²) in [5.41, 5.74) is 7.48. The molecule has 1 aliphatic rings. The third kappa shape index (κ3) is 6.44. The van der Waals surface area contributed by atoms with E-state index in [2.05, 4.69) is 83.4 Å². The first kappa shape index (κ1) is 33.6. The summed E-state index contributed by atoms with van der Waals surface area (Å²) in [6, 6.07) is 60.8. The maximum Gasteiger partial charge on any atom is 0.262 e. The minimum atomic E-state index is -0.642. The average molecular weight is 717 g/mol. The lowest BCUT2D eigenvalue weighted by Crippen LogP contribution is -2.28. The van der Waals surface area contributed by atoms with E-state index in [0.29, 0.717) is 22.9 Å². The molecule has 8 aromatic carbocycles. The summed E-state index contributed by atoms with van der Waals surface area (Å²) in [5, 5.41) is 10.3. The van der Waals surface area contributed by atoms with Crippen molar-refractivity contribution in [3.05, 3.63) is 204 Å². The standard InChI is InChI=1S/C49H36N2O4/c52-47(31-54-41-27-17-33-9-1-3-11-35(33)29-41)50-39-23-19-37(20-24-39)49(45-15-7-5-13-43(45)44-14-6-8-16-46(44)49)38-21-25-40(26-22-38)51-48(53)32-55-42-28-18-34-10-2-4-12-36(34)30-42/h1-30H,31-32H2,(H,50,52)(H,51,53). The van der Waals surface area contributed by atoms with Crippen molar-refractivity contribution in [3.63, 3.8) is 0 Å². The SMILES string of the molecule is O=C(COc1ccc2ccccc2c1)Nc1ccc(C2(c3ccc(NC(=O)COc4ccc5ccccc5c4)cc3)c3ccccc3-c3ccccc32)cc1. The van der Waals surface area contributed by atoms with Gasteiger partial charge in [-0.15, -0.1) is 0 Å². The molecule has 0 atom stereocenters. The number of benzene rings is 8. The fourth-order valence-corrected chi connectivity index (χ4v) is 7.84. The van der Waals surface area contributed by atoms with Gasteiger partial charge in [-0.05, 0) is 103 Å². The third-order valence-electron chi connectivity index (χ3n) is 10.3. The minimum absolute atomic E-state index is 0.108. The van der Waals surface area contributed by atoms with E-state index in [1.807, 2.05) is 109 Å². The van der Waals surface area contributed by atoms with Crippen molar-refractivity contribution in [2.75, 3.05) is 23.8 Å². The number of rotatable bonds is 10. The van der Waals surface area contributed by atoms with Crippen LogP contribution >= 0.6 is 0 Å². The zero-order valence-electron chi connectivity index (χ0n) is 29.9. The van der Waals surface area contributed by atoms with Gasteiger partial charge in [0, 0.05) is 11.4 Å².